The molecule has 3 unspecified atom stereocenters. The van der Waals surface area contributed by atoms with Gasteiger partial charge in [0.15, 0.2) is 0 Å². The Hall–Kier alpha value is -1.10. The summed E-state index contributed by atoms with van der Waals surface area (Å²) in [5.74, 6) is 0.429. The van der Waals surface area contributed by atoms with E-state index in [0.29, 0.717) is 24.1 Å². The molecule has 1 heterocycles. The number of hydrogen-bond donors (Lipinski definition) is 1. The highest BCUT2D eigenvalue weighted by Gasteiger charge is 2.37. The normalized spacial score (nSPS) is 24.2. The topological polar surface area (TPSA) is 41.6 Å². The summed E-state index contributed by atoms with van der Waals surface area (Å²) < 4.78 is 5.16. The van der Waals surface area contributed by atoms with Crippen LogP contribution in [-0.4, -0.2) is 37.1 Å². The van der Waals surface area contributed by atoms with E-state index in [9.17, 15) is 4.79 Å². The molecule has 1 N–H and O–H groups in total. The Morgan fingerprint density at radius 3 is 2.65 bits per heavy atom. The fourth-order valence-electron chi connectivity index (χ4n) is 2.56. The molecule has 1 aromatic rings. The smallest absolute Gasteiger partial charge is 0.241 e. The largest absolute Gasteiger partial charge is 0.384 e. The van der Waals surface area contributed by atoms with Crippen molar-refractivity contribution in [3.63, 3.8) is 0 Å². The molecular weight excluding hydrogens is 276 g/mol. The van der Waals surface area contributed by atoms with Crippen molar-refractivity contribution in [1.29, 1.82) is 0 Å². The number of amides is 1. The molecule has 1 saturated heterocycles. The van der Waals surface area contributed by atoms with Gasteiger partial charge >= 0.3 is 0 Å². The molecule has 1 aliphatic rings. The van der Waals surface area contributed by atoms with E-state index in [4.69, 9.17) is 16.3 Å². The monoisotopic (exact) mass is 296 g/mol. The zero-order valence-corrected chi connectivity index (χ0v) is 12.9. The van der Waals surface area contributed by atoms with Gasteiger partial charge in [-0.2, -0.15) is 0 Å². The minimum absolute atomic E-state index is 0.0888. The molecule has 0 saturated carbocycles. The summed E-state index contributed by atoms with van der Waals surface area (Å²) in [7, 11) is 1.68. The zero-order valence-electron chi connectivity index (χ0n) is 12.1. The first kappa shape index (κ1) is 15.3. The Morgan fingerprint density at radius 2 is 2.05 bits per heavy atom. The van der Waals surface area contributed by atoms with Crippen molar-refractivity contribution in [3.05, 3.63) is 34.9 Å². The molecule has 1 fully saturated rings. The predicted octanol–water partition coefficient (Wildman–Crippen LogP) is 2.44. The second-order valence-corrected chi connectivity index (χ2v) is 5.83. The predicted molar refractivity (Wildman–Crippen MR) is 79.5 cm³/mol. The lowest BCUT2D eigenvalue weighted by atomic mass is 10.1. The summed E-state index contributed by atoms with van der Waals surface area (Å²) in [5, 5.41) is 4.03. The number of hydrogen-bond acceptors (Lipinski definition) is 3. The van der Waals surface area contributed by atoms with Crippen LogP contribution in [0.25, 0.3) is 0 Å². The van der Waals surface area contributed by atoms with E-state index in [1.54, 1.807) is 7.11 Å². The summed E-state index contributed by atoms with van der Waals surface area (Å²) in [6, 6.07) is 7.45. The first-order valence-electron chi connectivity index (χ1n) is 6.84. The number of methoxy groups -OCH3 is 1. The van der Waals surface area contributed by atoms with Crippen LogP contribution in [-0.2, 0) is 9.53 Å². The lowest BCUT2D eigenvalue weighted by Crippen LogP contribution is -2.35. The highest BCUT2D eigenvalue weighted by atomic mass is 35.5. The number of nitrogens with zero attached hydrogens (tertiary/aromatic N) is 1. The van der Waals surface area contributed by atoms with Gasteiger partial charge in [-0.1, -0.05) is 30.7 Å². The van der Waals surface area contributed by atoms with Crippen molar-refractivity contribution < 1.29 is 9.53 Å². The van der Waals surface area contributed by atoms with Gasteiger partial charge in [-0.15, -0.1) is 0 Å². The maximum atomic E-state index is 12.3. The van der Waals surface area contributed by atoms with E-state index in [2.05, 4.69) is 12.2 Å². The summed E-state index contributed by atoms with van der Waals surface area (Å²) in [5.41, 5.74) is 1.05. The van der Waals surface area contributed by atoms with E-state index < -0.39 is 0 Å². The highest BCUT2D eigenvalue weighted by Crippen LogP contribution is 2.27. The summed E-state index contributed by atoms with van der Waals surface area (Å²) in [6.45, 7) is 5.30. The van der Waals surface area contributed by atoms with Gasteiger partial charge < -0.3 is 9.64 Å². The average molecular weight is 297 g/mol. The standard InChI is InChI=1S/C15H21ClN2O2/c1-10(9-20-3)8-18-14(17-11(2)15(18)19)12-4-6-13(16)7-5-12/h4-7,10-11,14,17H,8-9H2,1-3H3. The summed E-state index contributed by atoms with van der Waals surface area (Å²) in [4.78, 5) is 14.2. The van der Waals surface area contributed by atoms with Crippen LogP contribution in [0.15, 0.2) is 24.3 Å². The maximum Gasteiger partial charge on any atom is 0.241 e. The van der Waals surface area contributed by atoms with Gasteiger partial charge in [-0.3, -0.25) is 10.1 Å². The molecule has 3 atom stereocenters. The zero-order chi connectivity index (χ0) is 14.7. The van der Waals surface area contributed by atoms with Gasteiger partial charge in [0, 0.05) is 18.7 Å². The second-order valence-electron chi connectivity index (χ2n) is 5.39. The molecule has 1 aliphatic heterocycles. The van der Waals surface area contributed by atoms with Gasteiger partial charge in [-0.25, -0.2) is 0 Å². The summed E-state index contributed by atoms with van der Waals surface area (Å²) >= 11 is 5.92. The third-order valence-corrected chi connectivity index (χ3v) is 3.77. The van der Waals surface area contributed by atoms with Crippen LogP contribution >= 0.6 is 11.6 Å². The number of halogens is 1. The van der Waals surface area contributed by atoms with E-state index >= 15 is 0 Å². The van der Waals surface area contributed by atoms with E-state index in [0.717, 1.165) is 5.56 Å². The van der Waals surface area contributed by atoms with Crippen LogP contribution in [0, 0.1) is 5.92 Å². The van der Waals surface area contributed by atoms with E-state index in [-0.39, 0.29) is 18.1 Å². The maximum absolute atomic E-state index is 12.3. The molecule has 5 heteroatoms. The van der Waals surface area contributed by atoms with E-state index in [1.807, 2.05) is 36.1 Å². The van der Waals surface area contributed by atoms with Gasteiger partial charge in [0.05, 0.1) is 12.6 Å². The Morgan fingerprint density at radius 1 is 1.40 bits per heavy atom. The van der Waals surface area contributed by atoms with Crippen LogP contribution in [0.4, 0.5) is 0 Å². The minimum atomic E-state index is -0.162. The molecule has 1 aromatic carbocycles. The third-order valence-electron chi connectivity index (χ3n) is 3.52. The SMILES string of the molecule is COCC(C)CN1C(=O)C(C)NC1c1ccc(Cl)cc1. The molecule has 0 spiro atoms. The lowest BCUT2D eigenvalue weighted by Gasteiger charge is -2.27. The molecule has 20 heavy (non-hydrogen) atoms. The van der Waals surface area contributed by atoms with Crippen molar-refractivity contribution in [2.75, 3.05) is 20.3 Å². The number of nitrogens with one attached hydrogen (secondary N) is 1. The Labute approximate surface area is 125 Å². The molecule has 110 valence electrons. The van der Waals surface area contributed by atoms with Crippen molar-refractivity contribution >= 4 is 17.5 Å². The number of rotatable bonds is 5. The molecule has 0 aromatic heterocycles. The quantitative estimate of drug-likeness (QED) is 0.907. The van der Waals surface area contributed by atoms with Crippen LogP contribution in [0.5, 0.6) is 0 Å². The fraction of sp³-hybridized carbons (Fsp3) is 0.533. The van der Waals surface area contributed by atoms with Crippen LogP contribution < -0.4 is 5.32 Å². The lowest BCUT2D eigenvalue weighted by molar-refractivity contribution is -0.130. The van der Waals surface area contributed by atoms with Crippen molar-refractivity contribution in [1.82, 2.24) is 10.2 Å². The van der Waals surface area contributed by atoms with Crippen LogP contribution in [0.2, 0.25) is 5.02 Å². The minimum Gasteiger partial charge on any atom is -0.384 e. The fourth-order valence-corrected chi connectivity index (χ4v) is 2.69. The highest BCUT2D eigenvalue weighted by molar-refractivity contribution is 6.30. The third kappa shape index (κ3) is 3.32. The van der Waals surface area contributed by atoms with Crippen molar-refractivity contribution in [3.8, 4) is 0 Å². The first-order valence-corrected chi connectivity index (χ1v) is 7.21. The van der Waals surface area contributed by atoms with Gasteiger partial charge in [0.2, 0.25) is 5.91 Å². The van der Waals surface area contributed by atoms with Gasteiger partial charge in [0.25, 0.3) is 0 Å². The number of carbonyl (C=O) groups excluding carboxylic acids is 1. The molecule has 0 aliphatic carbocycles. The molecule has 0 radical (unpaired) electrons. The Balaban J connectivity index is 2.17. The number of benzene rings is 1. The Bertz CT molecular complexity index is 463. The van der Waals surface area contributed by atoms with Crippen LogP contribution in [0.1, 0.15) is 25.6 Å². The average Bonchev–Trinajstić information content (AvgIpc) is 2.68. The molecule has 1 amide bonds. The second kappa shape index (κ2) is 6.57. The van der Waals surface area contributed by atoms with Crippen LogP contribution in [0.3, 0.4) is 0 Å². The summed E-state index contributed by atoms with van der Waals surface area (Å²) in [6.07, 6.45) is -0.0888. The molecule has 4 nitrogen and oxygen atoms in total. The van der Waals surface area contributed by atoms with Crippen molar-refractivity contribution in [2.45, 2.75) is 26.1 Å². The van der Waals surface area contributed by atoms with Crippen molar-refractivity contribution in [2.24, 2.45) is 5.92 Å². The number of ether oxygens (including phenoxy) is 1. The molecule has 2 rings (SSSR count). The molecular formula is C15H21ClN2O2. The van der Waals surface area contributed by atoms with E-state index in [1.165, 1.54) is 0 Å². The van der Waals surface area contributed by atoms with Gasteiger partial charge in [0.1, 0.15) is 6.17 Å². The number of carbonyl (C=O) groups is 1. The van der Waals surface area contributed by atoms with Gasteiger partial charge in [-0.05, 0) is 30.5 Å². The molecule has 0 bridgehead atoms. The first-order chi connectivity index (χ1) is 9.52. The Kier molecular flexibility index (Phi) is 5.02.